The summed E-state index contributed by atoms with van der Waals surface area (Å²) in [5, 5.41) is 3.34. The predicted molar refractivity (Wildman–Crippen MR) is 79.4 cm³/mol. The minimum Gasteiger partial charge on any atom is -0.373 e. The topological polar surface area (TPSA) is 30.5 Å². The molecule has 0 amide bonds. The van der Waals surface area contributed by atoms with Gasteiger partial charge in [-0.15, -0.1) is 0 Å². The third-order valence-corrected chi connectivity index (χ3v) is 2.69. The molecule has 1 unspecified atom stereocenters. The number of likely N-dealkylation sites (N-methyl/N-ethyl adjacent to an activating group) is 1. The third-order valence-electron chi connectivity index (χ3n) is 2.69. The summed E-state index contributed by atoms with van der Waals surface area (Å²) in [5.74, 6) is 0. The molecule has 3 nitrogen and oxygen atoms in total. The summed E-state index contributed by atoms with van der Waals surface area (Å²) in [6, 6.07) is 10.3. The van der Waals surface area contributed by atoms with Crippen LogP contribution in [0, 0.1) is 0 Å². The highest BCUT2D eigenvalue weighted by atomic mass is 16.5. The van der Waals surface area contributed by atoms with Crippen LogP contribution in [0.4, 0.5) is 0 Å². The van der Waals surface area contributed by atoms with Gasteiger partial charge in [0.15, 0.2) is 0 Å². The number of benzene rings is 1. The second kappa shape index (κ2) is 8.31. The van der Waals surface area contributed by atoms with Gasteiger partial charge in [0.05, 0.1) is 24.9 Å². The second-order valence-corrected chi connectivity index (χ2v) is 5.54. The van der Waals surface area contributed by atoms with E-state index in [1.807, 2.05) is 18.2 Å². The molecule has 1 aromatic rings. The Labute approximate surface area is 117 Å². The first-order valence-electron chi connectivity index (χ1n) is 7.04. The van der Waals surface area contributed by atoms with E-state index in [0.717, 1.165) is 13.1 Å². The van der Waals surface area contributed by atoms with Crippen molar-refractivity contribution < 1.29 is 9.47 Å². The average Bonchev–Trinajstić information content (AvgIpc) is 2.38. The van der Waals surface area contributed by atoms with Crippen LogP contribution < -0.4 is 5.32 Å². The summed E-state index contributed by atoms with van der Waals surface area (Å²) in [6.45, 7) is 11.3. The Morgan fingerprint density at radius 3 is 2.37 bits per heavy atom. The lowest BCUT2D eigenvalue weighted by Gasteiger charge is -2.22. The average molecular weight is 265 g/mol. The molecule has 0 saturated carbocycles. The van der Waals surface area contributed by atoms with E-state index >= 15 is 0 Å². The van der Waals surface area contributed by atoms with Crippen molar-refractivity contribution in [3.8, 4) is 0 Å². The fourth-order valence-corrected chi connectivity index (χ4v) is 1.75. The first kappa shape index (κ1) is 16.2. The highest BCUT2D eigenvalue weighted by molar-refractivity contribution is 5.17. The van der Waals surface area contributed by atoms with Crippen LogP contribution >= 0.6 is 0 Å². The van der Waals surface area contributed by atoms with Gasteiger partial charge in [0.25, 0.3) is 0 Å². The van der Waals surface area contributed by atoms with Gasteiger partial charge in [-0.05, 0) is 32.9 Å². The molecule has 0 bridgehead atoms. The number of rotatable bonds is 8. The van der Waals surface area contributed by atoms with Crippen molar-refractivity contribution in [3.05, 3.63) is 35.9 Å². The Hall–Kier alpha value is -0.900. The molecule has 0 saturated heterocycles. The molecule has 0 aliphatic heterocycles. The fraction of sp³-hybridized carbons (Fsp3) is 0.625. The quantitative estimate of drug-likeness (QED) is 0.732. The Morgan fingerprint density at radius 1 is 1.11 bits per heavy atom. The van der Waals surface area contributed by atoms with E-state index in [2.05, 4.69) is 45.1 Å². The largest absolute Gasteiger partial charge is 0.373 e. The first-order chi connectivity index (χ1) is 9.03. The zero-order valence-corrected chi connectivity index (χ0v) is 12.6. The van der Waals surface area contributed by atoms with Gasteiger partial charge >= 0.3 is 0 Å². The van der Waals surface area contributed by atoms with Crippen LogP contribution in [0.3, 0.4) is 0 Å². The summed E-state index contributed by atoms with van der Waals surface area (Å²) < 4.78 is 11.6. The molecular weight excluding hydrogens is 238 g/mol. The summed E-state index contributed by atoms with van der Waals surface area (Å²) in [5.41, 5.74) is 1.10. The molecule has 1 rings (SSSR count). The molecule has 0 radical (unpaired) electrons. The molecular formula is C16H27NO2. The van der Waals surface area contributed by atoms with Crippen molar-refractivity contribution in [2.75, 3.05) is 26.3 Å². The number of nitrogens with one attached hydrogen (secondary N) is 1. The molecule has 0 aliphatic rings. The lowest BCUT2D eigenvalue weighted by atomic mass is 10.1. The Balaban J connectivity index is 2.42. The van der Waals surface area contributed by atoms with E-state index in [4.69, 9.17) is 9.47 Å². The molecule has 0 spiro atoms. The highest BCUT2D eigenvalue weighted by Crippen LogP contribution is 2.16. The van der Waals surface area contributed by atoms with Gasteiger partial charge in [-0.25, -0.2) is 0 Å². The van der Waals surface area contributed by atoms with Gasteiger partial charge < -0.3 is 14.8 Å². The van der Waals surface area contributed by atoms with Crippen LogP contribution in [0.5, 0.6) is 0 Å². The maximum atomic E-state index is 5.94. The maximum absolute atomic E-state index is 5.94. The second-order valence-electron chi connectivity index (χ2n) is 5.54. The van der Waals surface area contributed by atoms with Crippen molar-refractivity contribution in [2.45, 2.75) is 39.4 Å². The summed E-state index contributed by atoms with van der Waals surface area (Å²) in [4.78, 5) is 0. The van der Waals surface area contributed by atoms with Gasteiger partial charge in [0, 0.05) is 6.54 Å². The van der Waals surface area contributed by atoms with E-state index in [1.165, 1.54) is 5.56 Å². The fourth-order valence-electron chi connectivity index (χ4n) is 1.75. The molecule has 0 fully saturated rings. The minimum atomic E-state index is -0.104. The van der Waals surface area contributed by atoms with Crippen LogP contribution in [0.15, 0.2) is 30.3 Å². The Bertz CT molecular complexity index is 332. The minimum absolute atomic E-state index is 0.0877. The van der Waals surface area contributed by atoms with Crippen LogP contribution in [-0.2, 0) is 9.47 Å². The van der Waals surface area contributed by atoms with E-state index in [0.29, 0.717) is 13.2 Å². The first-order valence-corrected chi connectivity index (χ1v) is 7.04. The number of hydrogen-bond acceptors (Lipinski definition) is 3. The lowest BCUT2D eigenvalue weighted by molar-refractivity contribution is -0.0518. The van der Waals surface area contributed by atoms with Crippen LogP contribution in [-0.4, -0.2) is 31.9 Å². The molecule has 1 atom stereocenters. The monoisotopic (exact) mass is 265 g/mol. The van der Waals surface area contributed by atoms with Crippen molar-refractivity contribution >= 4 is 0 Å². The van der Waals surface area contributed by atoms with Gasteiger partial charge in [-0.1, -0.05) is 37.3 Å². The van der Waals surface area contributed by atoms with Gasteiger partial charge in [-0.3, -0.25) is 0 Å². The zero-order chi connectivity index (χ0) is 14.1. The number of ether oxygens (including phenoxy) is 2. The SMILES string of the molecule is CCNCC(OCCOC(C)(C)C)c1ccccc1. The van der Waals surface area contributed by atoms with Gasteiger partial charge in [-0.2, -0.15) is 0 Å². The molecule has 1 aromatic carbocycles. The molecule has 19 heavy (non-hydrogen) atoms. The summed E-state index contributed by atoms with van der Waals surface area (Å²) >= 11 is 0. The third kappa shape index (κ3) is 7.31. The summed E-state index contributed by atoms with van der Waals surface area (Å²) in [7, 11) is 0. The summed E-state index contributed by atoms with van der Waals surface area (Å²) in [6.07, 6.45) is 0.0877. The molecule has 3 heteroatoms. The number of hydrogen-bond donors (Lipinski definition) is 1. The molecule has 1 N–H and O–H groups in total. The normalized spacial score (nSPS) is 13.5. The van der Waals surface area contributed by atoms with Gasteiger partial charge in [0.1, 0.15) is 0 Å². The van der Waals surface area contributed by atoms with E-state index in [-0.39, 0.29) is 11.7 Å². The van der Waals surface area contributed by atoms with Crippen molar-refractivity contribution in [1.82, 2.24) is 5.32 Å². The Morgan fingerprint density at radius 2 is 1.79 bits per heavy atom. The van der Waals surface area contributed by atoms with E-state index < -0.39 is 0 Å². The molecule has 0 aliphatic carbocycles. The van der Waals surface area contributed by atoms with Crippen molar-refractivity contribution in [1.29, 1.82) is 0 Å². The zero-order valence-electron chi connectivity index (χ0n) is 12.6. The highest BCUT2D eigenvalue weighted by Gasteiger charge is 2.13. The van der Waals surface area contributed by atoms with Crippen molar-refractivity contribution in [3.63, 3.8) is 0 Å². The van der Waals surface area contributed by atoms with Crippen LogP contribution in [0.1, 0.15) is 39.4 Å². The van der Waals surface area contributed by atoms with Crippen LogP contribution in [0.25, 0.3) is 0 Å². The smallest absolute Gasteiger partial charge is 0.0950 e. The molecule has 0 heterocycles. The molecule has 0 aromatic heterocycles. The van der Waals surface area contributed by atoms with Crippen molar-refractivity contribution in [2.24, 2.45) is 0 Å². The van der Waals surface area contributed by atoms with Crippen LogP contribution in [0.2, 0.25) is 0 Å². The van der Waals surface area contributed by atoms with Gasteiger partial charge in [0.2, 0.25) is 0 Å². The predicted octanol–water partition coefficient (Wildman–Crippen LogP) is 3.17. The standard InChI is InChI=1S/C16H27NO2/c1-5-17-13-15(14-9-7-6-8-10-14)18-11-12-19-16(2,3)4/h6-10,15,17H,5,11-13H2,1-4H3. The van der Waals surface area contributed by atoms with E-state index in [9.17, 15) is 0 Å². The molecule has 108 valence electrons. The van der Waals surface area contributed by atoms with E-state index in [1.54, 1.807) is 0 Å². The maximum Gasteiger partial charge on any atom is 0.0950 e. The lowest BCUT2D eigenvalue weighted by Crippen LogP contribution is -2.26. The Kier molecular flexibility index (Phi) is 7.06.